The van der Waals surface area contributed by atoms with Crippen molar-refractivity contribution in [3.05, 3.63) is 23.9 Å². The number of hydrogen-bond donors (Lipinski definition) is 1. The van der Waals surface area contributed by atoms with E-state index in [-0.39, 0.29) is 11.4 Å². The number of carbonyl (C=O) groups is 2. The van der Waals surface area contributed by atoms with Gasteiger partial charge in [-0.3, -0.25) is 4.79 Å². The Morgan fingerprint density at radius 3 is 1.94 bits per heavy atom. The first-order valence-corrected chi connectivity index (χ1v) is 6.15. The fourth-order valence-electron chi connectivity index (χ4n) is 1.75. The molecular formula is C14H24NO3+. The molecule has 0 aromatic heterocycles. The van der Waals surface area contributed by atoms with Crippen molar-refractivity contribution in [3.63, 3.8) is 0 Å². The van der Waals surface area contributed by atoms with E-state index < -0.39 is 5.97 Å². The van der Waals surface area contributed by atoms with Gasteiger partial charge in [0.05, 0.1) is 25.4 Å². The molecule has 0 aromatic carbocycles. The first kappa shape index (κ1) is 16.6. The highest BCUT2D eigenvalue weighted by molar-refractivity contribution is 6.16. The van der Waals surface area contributed by atoms with E-state index in [1.165, 1.54) is 25.0 Å². The molecule has 0 aliphatic heterocycles. The van der Waals surface area contributed by atoms with Crippen LogP contribution in [0.1, 0.15) is 34.6 Å². The first-order chi connectivity index (χ1) is 8.31. The van der Waals surface area contributed by atoms with Gasteiger partial charge in [-0.25, -0.2) is 4.79 Å². The molecular weight excluding hydrogens is 230 g/mol. The zero-order valence-corrected chi connectivity index (χ0v) is 12.1. The van der Waals surface area contributed by atoms with Gasteiger partial charge in [0.1, 0.15) is 5.57 Å². The zero-order valence-electron chi connectivity index (χ0n) is 12.1. The maximum absolute atomic E-state index is 11.3. The fraction of sp³-hybridized carbons (Fsp3) is 0.571. The van der Waals surface area contributed by atoms with Gasteiger partial charge in [0.2, 0.25) is 0 Å². The Labute approximate surface area is 109 Å². The minimum Gasteiger partial charge on any atom is -0.465 e. The third-order valence-corrected chi connectivity index (χ3v) is 2.67. The van der Waals surface area contributed by atoms with Gasteiger partial charge in [-0.1, -0.05) is 0 Å². The predicted octanol–water partition coefficient (Wildman–Crippen LogP) is 0.890. The van der Waals surface area contributed by atoms with E-state index in [1.807, 2.05) is 6.20 Å². The molecule has 0 saturated heterocycles. The molecule has 0 bridgehead atoms. The molecule has 0 atom stereocenters. The summed E-state index contributed by atoms with van der Waals surface area (Å²) in [6.07, 6.45) is 5.21. The average molecular weight is 254 g/mol. The number of methoxy groups -OCH3 is 1. The second kappa shape index (κ2) is 7.82. The van der Waals surface area contributed by atoms with Crippen molar-refractivity contribution < 1.29 is 19.2 Å². The van der Waals surface area contributed by atoms with E-state index in [1.54, 1.807) is 6.08 Å². The Morgan fingerprint density at radius 2 is 1.61 bits per heavy atom. The van der Waals surface area contributed by atoms with Crippen molar-refractivity contribution in [1.29, 1.82) is 0 Å². The van der Waals surface area contributed by atoms with Crippen molar-refractivity contribution in [2.75, 3.05) is 7.11 Å². The van der Waals surface area contributed by atoms with E-state index in [0.717, 1.165) is 0 Å². The lowest BCUT2D eigenvalue weighted by molar-refractivity contribution is -0.892. The normalized spacial score (nSPS) is 12.8. The molecule has 18 heavy (non-hydrogen) atoms. The van der Waals surface area contributed by atoms with Crippen LogP contribution in [0.3, 0.4) is 0 Å². The number of hydrogen-bond acceptors (Lipinski definition) is 3. The molecule has 4 nitrogen and oxygen atoms in total. The van der Waals surface area contributed by atoms with Crippen LogP contribution in [0.2, 0.25) is 0 Å². The summed E-state index contributed by atoms with van der Waals surface area (Å²) in [4.78, 5) is 23.9. The predicted molar refractivity (Wildman–Crippen MR) is 71.2 cm³/mol. The Bertz CT molecular complexity index is 346. The van der Waals surface area contributed by atoms with E-state index in [9.17, 15) is 9.59 Å². The number of esters is 1. The SMILES string of the molecule is COC(=O)/C(=C/C=C/[NH+](C(C)C)C(C)C)C(C)=O. The highest BCUT2D eigenvalue weighted by Gasteiger charge is 2.15. The molecule has 4 heteroatoms. The number of nitrogens with one attached hydrogen (secondary N) is 1. The summed E-state index contributed by atoms with van der Waals surface area (Å²) in [5.41, 5.74) is 0.0700. The Morgan fingerprint density at radius 1 is 1.11 bits per heavy atom. The largest absolute Gasteiger partial charge is 0.465 e. The highest BCUT2D eigenvalue weighted by atomic mass is 16.5. The number of quaternary nitrogens is 1. The molecule has 0 saturated carbocycles. The van der Waals surface area contributed by atoms with Crippen LogP contribution in [0.15, 0.2) is 23.9 Å². The van der Waals surface area contributed by atoms with Crippen molar-refractivity contribution >= 4 is 11.8 Å². The molecule has 0 unspecified atom stereocenters. The lowest BCUT2D eigenvalue weighted by Gasteiger charge is -2.22. The number of allylic oxidation sites excluding steroid dienone is 2. The quantitative estimate of drug-likeness (QED) is 0.252. The van der Waals surface area contributed by atoms with Crippen LogP contribution in [0, 0.1) is 0 Å². The second-order valence-electron chi connectivity index (χ2n) is 4.80. The lowest BCUT2D eigenvalue weighted by Crippen LogP contribution is -3.13. The molecule has 0 aliphatic rings. The minimum absolute atomic E-state index is 0.0700. The zero-order chi connectivity index (χ0) is 14.3. The summed E-state index contributed by atoms with van der Waals surface area (Å²) in [7, 11) is 1.27. The fourth-order valence-corrected chi connectivity index (χ4v) is 1.75. The summed E-state index contributed by atoms with van der Waals surface area (Å²) in [6, 6.07) is 0.877. The van der Waals surface area contributed by atoms with E-state index in [0.29, 0.717) is 12.1 Å². The summed E-state index contributed by atoms with van der Waals surface area (Å²) >= 11 is 0. The number of Topliss-reactive ketones (excluding diaryl/α,β-unsaturated/α-hetero) is 1. The Hall–Kier alpha value is -1.42. The van der Waals surface area contributed by atoms with Crippen LogP contribution in [0.5, 0.6) is 0 Å². The number of ether oxygens (including phenoxy) is 1. The maximum atomic E-state index is 11.3. The van der Waals surface area contributed by atoms with E-state index in [2.05, 4.69) is 32.4 Å². The van der Waals surface area contributed by atoms with Gasteiger partial charge in [0.15, 0.2) is 5.78 Å². The summed E-state index contributed by atoms with van der Waals surface area (Å²) in [5, 5.41) is 0. The molecule has 0 aliphatic carbocycles. The molecule has 0 rings (SSSR count). The van der Waals surface area contributed by atoms with Crippen LogP contribution in [0.4, 0.5) is 0 Å². The molecule has 0 aromatic rings. The van der Waals surface area contributed by atoms with Crippen molar-refractivity contribution in [2.45, 2.75) is 46.7 Å². The molecule has 0 radical (unpaired) electrons. The van der Waals surface area contributed by atoms with E-state index >= 15 is 0 Å². The average Bonchev–Trinajstić information content (AvgIpc) is 2.26. The van der Waals surface area contributed by atoms with Gasteiger partial charge < -0.3 is 9.64 Å². The summed E-state index contributed by atoms with van der Waals surface area (Å²) in [6.45, 7) is 9.84. The maximum Gasteiger partial charge on any atom is 0.341 e. The minimum atomic E-state index is -0.595. The van der Waals surface area contributed by atoms with E-state index in [4.69, 9.17) is 0 Å². The lowest BCUT2D eigenvalue weighted by atomic mass is 10.1. The Balaban J connectivity index is 4.95. The number of ketones is 1. The monoisotopic (exact) mass is 254 g/mol. The van der Waals surface area contributed by atoms with Gasteiger partial charge in [-0.2, -0.15) is 0 Å². The summed E-state index contributed by atoms with van der Waals surface area (Å²) < 4.78 is 4.56. The van der Waals surface area contributed by atoms with Crippen LogP contribution in [0.25, 0.3) is 0 Å². The van der Waals surface area contributed by atoms with Crippen molar-refractivity contribution in [2.24, 2.45) is 0 Å². The third-order valence-electron chi connectivity index (χ3n) is 2.67. The smallest absolute Gasteiger partial charge is 0.341 e. The standard InChI is InChI=1S/C14H23NO3/c1-10(2)15(11(3)4)9-7-8-13(12(5)16)14(17)18-6/h7-11H,1-6H3/p+1/b9-7+,13-8+. The van der Waals surface area contributed by atoms with Gasteiger partial charge >= 0.3 is 5.97 Å². The molecule has 0 spiro atoms. The highest BCUT2D eigenvalue weighted by Crippen LogP contribution is 1.99. The molecule has 102 valence electrons. The topological polar surface area (TPSA) is 47.8 Å². The molecule has 0 heterocycles. The third kappa shape index (κ3) is 5.27. The van der Waals surface area contributed by atoms with Crippen LogP contribution >= 0.6 is 0 Å². The molecule has 0 fully saturated rings. The van der Waals surface area contributed by atoms with Gasteiger partial charge in [-0.15, -0.1) is 0 Å². The number of carbonyl (C=O) groups excluding carboxylic acids is 2. The Kier molecular flexibility index (Phi) is 7.20. The van der Waals surface area contributed by atoms with Gasteiger partial charge in [0, 0.05) is 0 Å². The van der Waals surface area contributed by atoms with Crippen LogP contribution in [-0.4, -0.2) is 30.9 Å². The van der Waals surface area contributed by atoms with Crippen molar-refractivity contribution in [3.8, 4) is 0 Å². The summed E-state index contributed by atoms with van der Waals surface area (Å²) in [5.74, 6) is -0.884. The van der Waals surface area contributed by atoms with Crippen molar-refractivity contribution in [1.82, 2.24) is 0 Å². The first-order valence-electron chi connectivity index (χ1n) is 6.15. The van der Waals surface area contributed by atoms with Crippen LogP contribution in [-0.2, 0) is 14.3 Å². The molecule has 1 N–H and O–H groups in total. The van der Waals surface area contributed by atoms with Crippen LogP contribution < -0.4 is 4.90 Å². The molecule has 0 amide bonds. The second-order valence-corrected chi connectivity index (χ2v) is 4.80. The van der Waals surface area contributed by atoms with Gasteiger partial charge in [0.25, 0.3) is 0 Å². The van der Waals surface area contributed by atoms with Gasteiger partial charge in [-0.05, 0) is 46.8 Å². The number of rotatable bonds is 6.